The van der Waals surface area contributed by atoms with E-state index in [0.29, 0.717) is 13.0 Å². The van der Waals surface area contributed by atoms with Gasteiger partial charge in [0.15, 0.2) is 6.10 Å². The maximum Gasteiger partial charge on any atom is 0.273 e. The van der Waals surface area contributed by atoms with E-state index < -0.39 is 11.0 Å². The topological polar surface area (TPSA) is 81.5 Å². The summed E-state index contributed by atoms with van der Waals surface area (Å²) >= 11 is 5.93. The van der Waals surface area contributed by atoms with Gasteiger partial charge in [0.05, 0.1) is 16.0 Å². The number of nitro groups is 1. The molecule has 6 nitrogen and oxygen atoms in total. The molecule has 2 rings (SSSR count). The molecule has 19 heavy (non-hydrogen) atoms. The van der Waals surface area contributed by atoms with Gasteiger partial charge in [-0.25, -0.2) is 0 Å². The lowest BCUT2D eigenvalue weighted by molar-refractivity contribution is -0.384. The third-order valence-corrected chi connectivity index (χ3v) is 3.19. The van der Waals surface area contributed by atoms with Crippen molar-refractivity contribution >= 4 is 23.2 Å². The number of nitrogens with zero attached hydrogens (tertiary/aromatic N) is 1. The fraction of sp³-hybridized carbons (Fsp3) is 0.417. The zero-order valence-corrected chi connectivity index (χ0v) is 10.9. The molecule has 1 aromatic rings. The van der Waals surface area contributed by atoms with Crippen LogP contribution in [0.25, 0.3) is 0 Å². The van der Waals surface area contributed by atoms with Crippen molar-refractivity contribution in [1.29, 1.82) is 0 Å². The van der Waals surface area contributed by atoms with E-state index in [9.17, 15) is 14.9 Å². The standard InChI is InChI=1S/C12H13ClN2O4/c13-9-5-4-8(15(17)18)7-11(9)19-10-3-1-2-6-14-12(10)16/h4-5,7,10H,1-3,6H2,(H,14,16). The molecule has 0 bridgehead atoms. The van der Waals surface area contributed by atoms with Gasteiger partial charge in [0.25, 0.3) is 11.6 Å². The van der Waals surface area contributed by atoms with Gasteiger partial charge >= 0.3 is 0 Å². The first kappa shape index (κ1) is 13.6. The molecule has 0 aliphatic carbocycles. The number of nitro benzene ring substituents is 1. The van der Waals surface area contributed by atoms with Crippen LogP contribution in [0, 0.1) is 10.1 Å². The van der Waals surface area contributed by atoms with Gasteiger partial charge in [0.1, 0.15) is 5.75 Å². The quantitative estimate of drug-likeness (QED) is 0.682. The molecule has 1 saturated heterocycles. The Bertz CT molecular complexity index is 507. The first-order valence-electron chi connectivity index (χ1n) is 5.96. The second-order valence-corrected chi connectivity index (χ2v) is 4.67. The predicted octanol–water partition coefficient (Wildman–Crippen LogP) is 2.30. The summed E-state index contributed by atoms with van der Waals surface area (Å²) in [5.74, 6) is -0.0435. The molecule has 7 heteroatoms. The van der Waals surface area contributed by atoms with Crippen LogP contribution >= 0.6 is 11.6 Å². The van der Waals surface area contributed by atoms with Crippen LogP contribution in [0.15, 0.2) is 18.2 Å². The average Bonchev–Trinajstić information content (AvgIpc) is 2.57. The third kappa shape index (κ3) is 3.35. The van der Waals surface area contributed by atoms with Crippen LogP contribution in [0.2, 0.25) is 5.02 Å². The van der Waals surface area contributed by atoms with Crippen molar-refractivity contribution in [1.82, 2.24) is 5.32 Å². The van der Waals surface area contributed by atoms with Gasteiger partial charge in [-0.2, -0.15) is 0 Å². The Kier molecular flexibility index (Phi) is 4.21. The second-order valence-electron chi connectivity index (χ2n) is 4.27. The minimum atomic E-state index is -0.651. The maximum atomic E-state index is 11.7. The molecule has 1 unspecified atom stereocenters. The van der Waals surface area contributed by atoms with Crippen molar-refractivity contribution in [2.24, 2.45) is 0 Å². The Morgan fingerprint density at radius 2 is 2.21 bits per heavy atom. The average molecular weight is 285 g/mol. The summed E-state index contributed by atoms with van der Waals surface area (Å²) in [5, 5.41) is 13.7. The van der Waals surface area contributed by atoms with E-state index in [-0.39, 0.29) is 22.4 Å². The lowest BCUT2D eigenvalue weighted by atomic mass is 10.2. The normalized spacial score (nSPS) is 19.4. The molecule has 1 fully saturated rings. The van der Waals surface area contributed by atoms with Crippen molar-refractivity contribution < 1.29 is 14.5 Å². The van der Waals surface area contributed by atoms with Crippen LogP contribution < -0.4 is 10.1 Å². The van der Waals surface area contributed by atoms with Crippen LogP contribution in [0.5, 0.6) is 5.75 Å². The van der Waals surface area contributed by atoms with Gasteiger partial charge in [-0.1, -0.05) is 11.6 Å². The summed E-state index contributed by atoms with van der Waals surface area (Å²) in [5.41, 5.74) is -0.117. The Labute approximate surface area is 114 Å². The minimum absolute atomic E-state index is 0.117. The van der Waals surface area contributed by atoms with E-state index in [4.69, 9.17) is 16.3 Å². The second kappa shape index (κ2) is 5.88. The summed E-state index contributed by atoms with van der Waals surface area (Å²) in [6, 6.07) is 3.92. The molecule has 1 aliphatic heterocycles. The zero-order valence-electron chi connectivity index (χ0n) is 10.1. The van der Waals surface area contributed by atoms with Crippen molar-refractivity contribution in [3.63, 3.8) is 0 Å². The van der Waals surface area contributed by atoms with E-state index in [0.717, 1.165) is 12.8 Å². The Hall–Kier alpha value is -1.82. The van der Waals surface area contributed by atoms with E-state index >= 15 is 0 Å². The van der Waals surface area contributed by atoms with Gasteiger partial charge in [-0.05, 0) is 25.3 Å². The number of hydrogen-bond donors (Lipinski definition) is 1. The molecular formula is C12H13ClN2O4. The number of non-ortho nitro benzene ring substituents is 1. The van der Waals surface area contributed by atoms with Crippen LogP contribution in [-0.4, -0.2) is 23.5 Å². The maximum absolute atomic E-state index is 11.7. The SMILES string of the molecule is O=C1NCCCCC1Oc1cc([N+](=O)[O-])ccc1Cl. The molecule has 1 atom stereocenters. The highest BCUT2D eigenvalue weighted by Gasteiger charge is 2.24. The fourth-order valence-corrected chi connectivity index (χ4v) is 2.03. The number of ether oxygens (including phenoxy) is 1. The first-order chi connectivity index (χ1) is 9.08. The molecule has 1 aromatic carbocycles. The summed E-state index contributed by atoms with van der Waals surface area (Å²) in [6.45, 7) is 0.626. The Morgan fingerprint density at radius 1 is 1.42 bits per heavy atom. The van der Waals surface area contributed by atoms with Crippen molar-refractivity contribution in [3.05, 3.63) is 33.3 Å². The van der Waals surface area contributed by atoms with Crippen molar-refractivity contribution in [2.45, 2.75) is 25.4 Å². The van der Waals surface area contributed by atoms with E-state index in [1.54, 1.807) is 0 Å². The van der Waals surface area contributed by atoms with Crippen LogP contribution in [0.3, 0.4) is 0 Å². The number of carbonyl (C=O) groups excluding carboxylic acids is 1. The monoisotopic (exact) mass is 284 g/mol. The van der Waals surface area contributed by atoms with E-state index in [1.807, 2.05) is 0 Å². The zero-order chi connectivity index (χ0) is 13.8. The molecule has 1 heterocycles. The molecule has 0 saturated carbocycles. The lowest BCUT2D eigenvalue weighted by Crippen LogP contribution is -2.36. The summed E-state index contributed by atoms with van der Waals surface area (Å²) in [7, 11) is 0. The number of carbonyl (C=O) groups is 1. The number of benzene rings is 1. The summed E-state index contributed by atoms with van der Waals surface area (Å²) in [4.78, 5) is 21.9. The van der Waals surface area contributed by atoms with Gasteiger partial charge in [0, 0.05) is 12.6 Å². The van der Waals surface area contributed by atoms with Crippen LogP contribution in [0.4, 0.5) is 5.69 Å². The summed E-state index contributed by atoms with van der Waals surface area (Å²) < 4.78 is 5.52. The smallest absolute Gasteiger partial charge is 0.273 e. The molecular weight excluding hydrogens is 272 g/mol. The number of hydrogen-bond acceptors (Lipinski definition) is 4. The number of amides is 1. The highest BCUT2D eigenvalue weighted by Crippen LogP contribution is 2.30. The molecule has 0 aromatic heterocycles. The highest BCUT2D eigenvalue weighted by atomic mass is 35.5. The van der Waals surface area contributed by atoms with Crippen molar-refractivity contribution in [2.75, 3.05) is 6.54 Å². The molecule has 0 radical (unpaired) electrons. The molecule has 0 spiro atoms. The fourth-order valence-electron chi connectivity index (χ4n) is 1.87. The number of halogens is 1. The number of rotatable bonds is 3. The van der Waals surface area contributed by atoms with E-state index in [2.05, 4.69) is 5.32 Å². The highest BCUT2D eigenvalue weighted by molar-refractivity contribution is 6.32. The molecule has 102 valence electrons. The molecule has 1 aliphatic rings. The third-order valence-electron chi connectivity index (χ3n) is 2.88. The van der Waals surface area contributed by atoms with Crippen LogP contribution in [0.1, 0.15) is 19.3 Å². The van der Waals surface area contributed by atoms with E-state index in [1.165, 1.54) is 18.2 Å². The largest absolute Gasteiger partial charge is 0.479 e. The minimum Gasteiger partial charge on any atom is -0.479 e. The Morgan fingerprint density at radius 3 is 2.95 bits per heavy atom. The van der Waals surface area contributed by atoms with Gasteiger partial charge in [-0.15, -0.1) is 0 Å². The van der Waals surface area contributed by atoms with Crippen molar-refractivity contribution in [3.8, 4) is 5.75 Å². The first-order valence-corrected chi connectivity index (χ1v) is 6.34. The molecule has 1 amide bonds. The predicted molar refractivity (Wildman–Crippen MR) is 69.4 cm³/mol. The Balaban J connectivity index is 2.19. The van der Waals surface area contributed by atoms with Crippen LogP contribution in [-0.2, 0) is 4.79 Å². The van der Waals surface area contributed by atoms with Gasteiger partial charge in [0.2, 0.25) is 0 Å². The lowest BCUT2D eigenvalue weighted by Gasteiger charge is -2.16. The number of nitrogens with one attached hydrogen (secondary N) is 1. The van der Waals surface area contributed by atoms with Gasteiger partial charge in [-0.3, -0.25) is 14.9 Å². The molecule has 1 N–H and O–H groups in total. The summed E-state index contributed by atoms with van der Waals surface area (Å²) in [6.07, 6.45) is 1.68. The van der Waals surface area contributed by atoms with Gasteiger partial charge < -0.3 is 10.1 Å².